The van der Waals surface area contributed by atoms with Crippen molar-refractivity contribution in [1.29, 1.82) is 0 Å². The zero-order chi connectivity index (χ0) is 9.26. The second-order valence-electron chi connectivity index (χ2n) is 5.07. The third-order valence-corrected chi connectivity index (χ3v) is 3.51. The Morgan fingerprint density at radius 2 is 2.00 bits per heavy atom. The maximum absolute atomic E-state index is 2.66. The molecule has 0 N–H and O–H groups in total. The molecule has 0 aromatic heterocycles. The maximum atomic E-state index is 2.66. The molecule has 0 amide bonds. The van der Waals surface area contributed by atoms with Crippen LogP contribution in [0.25, 0.3) is 0 Å². The van der Waals surface area contributed by atoms with Gasteiger partial charge >= 0.3 is 0 Å². The predicted octanol–water partition coefficient (Wildman–Crippen LogP) is 1.28. The Morgan fingerprint density at radius 1 is 1.15 bits per heavy atom. The Morgan fingerprint density at radius 3 is 2.54 bits per heavy atom. The molecule has 2 saturated heterocycles. The molecule has 0 aromatic carbocycles. The van der Waals surface area contributed by atoms with Gasteiger partial charge in [0.15, 0.2) is 0 Å². The molecule has 0 radical (unpaired) electrons. The average molecular weight is 182 g/mol. The first-order valence-electron chi connectivity index (χ1n) is 5.65. The van der Waals surface area contributed by atoms with Crippen molar-refractivity contribution < 1.29 is 0 Å². The molecule has 0 saturated carbocycles. The lowest BCUT2D eigenvalue weighted by Gasteiger charge is -2.19. The topological polar surface area (TPSA) is 6.48 Å². The van der Waals surface area contributed by atoms with Gasteiger partial charge in [-0.1, -0.05) is 6.92 Å². The fraction of sp³-hybridized carbons (Fsp3) is 1.00. The van der Waals surface area contributed by atoms with Gasteiger partial charge in [0.05, 0.1) is 0 Å². The molecular formula is C11H22N2. The molecule has 0 spiro atoms. The Balaban J connectivity index is 1.72. The Labute approximate surface area is 81.9 Å². The van der Waals surface area contributed by atoms with E-state index in [-0.39, 0.29) is 0 Å². The van der Waals surface area contributed by atoms with Crippen molar-refractivity contribution in [3.63, 3.8) is 0 Å². The summed E-state index contributed by atoms with van der Waals surface area (Å²) in [5, 5.41) is 0. The summed E-state index contributed by atoms with van der Waals surface area (Å²) in [5.41, 5.74) is 0. The molecule has 2 fully saturated rings. The highest BCUT2D eigenvalue weighted by Crippen LogP contribution is 2.20. The lowest BCUT2D eigenvalue weighted by Crippen LogP contribution is -2.28. The molecule has 76 valence electrons. The molecular weight excluding hydrogens is 160 g/mol. The van der Waals surface area contributed by atoms with Crippen LogP contribution < -0.4 is 0 Å². The minimum absolute atomic E-state index is 0.944. The standard InChI is InChI=1S/C11H22N2/c1-10-3-6-13(7-10)9-11-4-5-12(2)8-11/h10-11H,3-9H2,1-2H3. The van der Waals surface area contributed by atoms with Gasteiger partial charge in [0.2, 0.25) is 0 Å². The molecule has 0 aromatic rings. The van der Waals surface area contributed by atoms with Crippen LogP contribution in [0.15, 0.2) is 0 Å². The summed E-state index contributed by atoms with van der Waals surface area (Å²) in [6.45, 7) is 9.07. The van der Waals surface area contributed by atoms with Gasteiger partial charge in [-0.05, 0) is 44.8 Å². The summed E-state index contributed by atoms with van der Waals surface area (Å²) in [6.07, 6.45) is 2.84. The van der Waals surface area contributed by atoms with E-state index in [0.717, 1.165) is 11.8 Å². The smallest absolute Gasteiger partial charge is 0.00225 e. The number of nitrogens with zero attached hydrogens (tertiary/aromatic N) is 2. The fourth-order valence-corrected chi connectivity index (χ4v) is 2.73. The molecule has 2 heterocycles. The third kappa shape index (κ3) is 2.44. The minimum Gasteiger partial charge on any atom is -0.306 e. The zero-order valence-corrected chi connectivity index (χ0v) is 9.00. The normalized spacial score (nSPS) is 37.4. The van der Waals surface area contributed by atoms with Crippen LogP contribution in [0.1, 0.15) is 19.8 Å². The molecule has 2 unspecified atom stereocenters. The van der Waals surface area contributed by atoms with Crippen LogP contribution in [0.2, 0.25) is 0 Å². The van der Waals surface area contributed by atoms with Crippen LogP contribution in [0.3, 0.4) is 0 Å². The number of hydrogen-bond donors (Lipinski definition) is 0. The summed E-state index contributed by atoms with van der Waals surface area (Å²) in [7, 11) is 2.24. The van der Waals surface area contributed by atoms with Crippen molar-refractivity contribution in [2.45, 2.75) is 19.8 Å². The lowest BCUT2D eigenvalue weighted by molar-refractivity contribution is 0.268. The summed E-state index contributed by atoms with van der Waals surface area (Å²) in [4.78, 5) is 5.12. The van der Waals surface area contributed by atoms with E-state index >= 15 is 0 Å². The lowest BCUT2D eigenvalue weighted by atomic mass is 10.1. The van der Waals surface area contributed by atoms with E-state index in [4.69, 9.17) is 0 Å². The van der Waals surface area contributed by atoms with Gasteiger partial charge in [0.25, 0.3) is 0 Å². The first-order valence-corrected chi connectivity index (χ1v) is 5.65. The van der Waals surface area contributed by atoms with Crippen molar-refractivity contribution >= 4 is 0 Å². The predicted molar refractivity (Wildman–Crippen MR) is 55.8 cm³/mol. The highest BCUT2D eigenvalue weighted by atomic mass is 15.2. The van der Waals surface area contributed by atoms with E-state index in [9.17, 15) is 0 Å². The molecule has 2 nitrogen and oxygen atoms in total. The summed E-state index contributed by atoms with van der Waals surface area (Å²) < 4.78 is 0. The quantitative estimate of drug-likeness (QED) is 0.635. The molecule has 2 atom stereocenters. The summed E-state index contributed by atoms with van der Waals surface area (Å²) in [6, 6.07) is 0. The Kier molecular flexibility index (Phi) is 2.89. The van der Waals surface area contributed by atoms with E-state index in [1.54, 1.807) is 0 Å². The summed E-state index contributed by atoms with van der Waals surface area (Å²) in [5.74, 6) is 1.90. The Hall–Kier alpha value is -0.0800. The second-order valence-corrected chi connectivity index (χ2v) is 5.07. The highest BCUT2D eigenvalue weighted by molar-refractivity contribution is 4.79. The van der Waals surface area contributed by atoms with Crippen LogP contribution in [0, 0.1) is 11.8 Å². The van der Waals surface area contributed by atoms with E-state index in [0.29, 0.717) is 0 Å². The zero-order valence-electron chi connectivity index (χ0n) is 9.00. The monoisotopic (exact) mass is 182 g/mol. The van der Waals surface area contributed by atoms with E-state index in [1.807, 2.05) is 0 Å². The SMILES string of the molecule is CC1CCN(CC2CCN(C)C2)C1. The Bertz CT molecular complexity index is 151. The summed E-state index contributed by atoms with van der Waals surface area (Å²) >= 11 is 0. The van der Waals surface area contributed by atoms with Gasteiger partial charge in [-0.25, -0.2) is 0 Å². The van der Waals surface area contributed by atoms with Crippen molar-refractivity contribution in [3.8, 4) is 0 Å². The van der Waals surface area contributed by atoms with Crippen LogP contribution in [-0.2, 0) is 0 Å². The van der Waals surface area contributed by atoms with Crippen molar-refractivity contribution in [1.82, 2.24) is 9.80 Å². The van der Waals surface area contributed by atoms with Gasteiger partial charge in [0.1, 0.15) is 0 Å². The van der Waals surface area contributed by atoms with Crippen LogP contribution in [0.4, 0.5) is 0 Å². The first-order chi connectivity index (χ1) is 6.24. The maximum Gasteiger partial charge on any atom is 0.00225 e. The molecule has 2 aliphatic rings. The molecule has 2 aliphatic heterocycles. The van der Waals surface area contributed by atoms with Gasteiger partial charge in [-0.2, -0.15) is 0 Å². The fourth-order valence-electron chi connectivity index (χ4n) is 2.73. The molecule has 0 aliphatic carbocycles. The van der Waals surface area contributed by atoms with Gasteiger partial charge in [0, 0.05) is 19.6 Å². The highest BCUT2D eigenvalue weighted by Gasteiger charge is 2.25. The van der Waals surface area contributed by atoms with Crippen molar-refractivity contribution in [2.24, 2.45) is 11.8 Å². The van der Waals surface area contributed by atoms with E-state index in [1.165, 1.54) is 45.6 Å². The molecule has 0 bridgehead atoms. The van der Waals surface area contributed by atoms with Crippen molar-refractivity contribution in [3.05, 3.63) is 0 Å². The van der Waals surface area contributed by atoms with Crippen LogP contribution >= 0.6 is 0 Å². The average Bonchev–Trinajstić information content (AvgIpc) is 2.62. The van der Waals surface area contributed by atoms with Crippen LogP contribution in [0.5, 0.6) is 0 Å². The molecule has 13 heavy (non-hydrogen) atoms. The minimum atomic E-state index is 0.944. The first kappa shape index (κ1) is 9.47. The largest absolute Gasteiger partial charge is 0.306 e. The van der Waals surface area contributed by atoms with E-state index < -0.39 is 0 Å². The molecule has 2 heteroatoms. The number of rotatable bonds is 2. The van der Waals surface area contributed by atoms with Crippen molar-refractivity contribution in [2.75, 3.05) is 39.8 Å². The number of hydrogen-bond acceptors (Lipinski definition) is 2. The van der Waals surface area contributed by atoms with Crippen LogP contribution in [-0.4, -0.2) is 49.6 Å². The van der Waals surface area contributed by atoms with Gasteiger partial charge in [-0.15, -0.1) is 0 Å². The van der Waals surface area contributed by atoms with Gasteiger partial charge < -0.3 is 9.80 Å². The molecule has 2 rings (SSSR count). The second kappa shape index (κ2) is 3.97. The number of likely N-dealkylation sites (tertiary alicyclic amines) is 2. The van der Waals surface area contributed by atoms with E-state index in [2.05, 4.69) is 23.8 Å². The third-order valence-electron chi connectivity index (χ3n) is 3.51. The van der Waals surface area contributed by atoms with Gasteiger partial charge in [-0.3, -0.25) is 0 Å².